The second-order valence-electron chi connectivity index (χ2n) is 7.13. The third-order valence-electron chi connectivity index (χ3n) is 4.66. The van der Waals surface area contributed by atoms with Crippen LogP contribution in [0, 0.1) is 20.8 Å². The predicted molar refractivity (Wildman–Crippen MR) is 115 cm³/mol. The van der Waals surface area contributed by atoms with Gasteiger partial charge in [-0.15, -0.1) is 0 Å². The Bertz CT molecular complexity index is 1210. The molecule has 0 aromatic heterocycles. The molecule has 0 spiro atoms. The van der Waals surface area contributed by atoms with Crippen LogP contribution in [0.3, 0.4) is 0 Å². The van der Waals surface area contributed by atoms with Gasteiger partial charge in [0.05, 0.1) is 5.69 Å². The zero-order valence-electron chi connectivity index (χ0n) is 16.9. The largest absolute Gasteiger partial charge is 0.454 e. The summed E-state index contributed by atoms with van der Waals surface area (Å²) in [5, 5.41) is 0. The molecule has 0 aliphatic carbocycles. The molecule has 6 nitrogen and oxygen atoms in total. The van der Waals surface area contributed by atoms with E-state index in [2.05, 4.69) is 4.99 Å². The van der Waals surface area contributed by atoms with E-state index in [1.807, 2.05) is 31.2 Å². The molecule has 7 heteroatoms. The van der Waals surface area contributed by atoms with Crippen LogP contribution in [-0.2, 0) is 10.1 Å². The summed E-state index contributed by atoms with van der Waals surface area (Å²) in [6.07, 6.45) is 1.68. The maximum Gasteiger partial charge on any atom is 0.339 e. The molecule has 0 unspecified atom stereocenters. The van der Waals surface area contributed by atoms with Gasteiger partial charge in [-0.1, -0.05) is 17.7 Å². The summed E-state index contributed by atoms with van der Waals surface area (Å²) >= 11 is 0. The highest BCUT2D eigenvalue weighted by Gasteiger charge is 2.22. The Kier molecular flexibility index (Phi) is 5.22. The lowest BCUT2D eigenvalue weighted by molar-refractivity contribution is 0.174. The van der Waals surface area contributed by atoms with Crippen molar-refractivity contribution in [1.82, 2.24) is 0 Å². The third kappa shape index (κ3) is 4.16. The van der Waals surface area contributed by atoms with Crippen LogP contribution in [-0.4, -0.2) is 21.4 Å². The highest BCUT2D eigenvalue weighted by atomic mass is 32.2. The first-order chi connectivity index (χ1) is 14.3. The van der Waals surface area contributed by atoms with Crippen LogP contribution in [0.2, 0.25) is 0 Å². The van der Waals surface area contributed by atoms with Crippen LogP contribution in [0.1, 0.15) is 22.3 Å². The molecule has 3 aromatic rings. The molecule has 1 heterocycles. The number of rotatable bonds is 5. The zero-order chi connectivity index (χ0) is 21.3. The van der Waals surface area contributed by atoms with E-state index in [1.165, 1.54) is 0 Å². The first kappa shape index (κ1) is 20.0. The van der Waals surface area contributed by atoms with Crippen LogP contribution in [0.25, 0.3) is 0 Å². The van der Waals surface area contributed by atoms with Crippen molar-refractivity contribution < 1.29 is 22.1 Å². The van der Waals surface area contributed by atoms with Gasteiger partial charge in [0.2, 0.25) is 6.79 Å². The maximum atomic E-state index is 12.8. The summed E-state index contributed by atoms with van der Waals surface area (Å²) in [5.41, 5.74) is 3.88. The monoisotopic (exact) mass is 423 g/mol. The van der Waals surface area contributed by atoms with Gasteiger partial charge in [-0.05, 0) is 73.9 Å². The van der Waals surface area contributed by atoms with E-state index in [0.717, 1.165) is 16.8 Å². The molecule has 4 rings (SSSR count). The van der Waals surface area contributed by atoms with E-state index in [0.29, 0.717) is 22.6 Å². The first-order valence-corrected chi connectivity index (χ1v) is 10.8. The average molecular weight is 423 g/mol. The van der Waals surface area contributed by atoms with Crippen molar-refractivity contribution in [2.24, 2.45) is 4.99 Å². The lowest BCUT2D eigenvalue weighted by Gasteiger charge is -2.13. The Labute approximate surface area is 175 Å². The minimum Gasteiger partial charge on any atom is -0.454 e. The SMILES string of the molecule is Cc1cc(C)c(S(=O)(=O)Oc2ccc(/C=N/c3ccc4c(c3)OCO4)cc2)c(C)c1. The number of aliphatic imine (C=N–C) groups is 1. The quantitative estimate of drug-likeness (QED) is 0.433. The molecule has 154 valence electrons. The number of nitrogens with zero attached hydrogens (tertiary/aromatic N) is 1. The molecule has 3 aromatic carbocycles. The van der Waals surface area contributed by atoms with Crippen molar-refractivity contribution in [3.8, 4) is 17.2 Å². The Hall–Kier alpha value is -3.32. The lowest BCUT2D eigenvalue weighted by atomic mass is 10.1. The van der Waals surface area contributed by atoms with Gasteiger partial charge in [-0.25, -0.2) is 0 Å². The molecule has 1 aliphatic rings. The number of aryl methyl sites for hydroxylation is 3. The smallest absolute Gasteiger partial charge is 0.339 e. The summed E-state index contributed by atoms with van der Waals surface area (Å²) in [6.45, 7) is 5.69. The maximum absolute atomic E-state index is 12.8. The molecule has 0 fully saturated rings. The number of ether oxygens (including phenoxy) is 2. The number of fused-ring (bicyclic) bond motifs is 1. The van der Waals surface area contributed by atoms with Gasteiger partial charge in [0, 0.05) is 12.3 Å². The van der Waals surface area contributed by atoms with Crippen LogP contribution in [0.15, 0.2) is 64.5 Å². The highest BCUT2D eigenvalue weighted by Crippen LogP contribution is 2.35. The van der Waals surface area contributed by atoms with Gasteiger partial charge in [-0.2, -0.15) is 8.42 Å². The third-order valence-corrected chi connectivity index (χ3v) is 6.22. The fourth-order valence-corrected chi connectivity index (χ4v) is 4.81. The molecule has 0 amide bonds. The molecule has 0 saturated heterocycles. The number of benzene rings is 3. The fraction of sp³-hybridized carbons (Fsp3) is 0.174. The van der Waals surface area contributed by atoms with Crippen molar-refractivity contribution >= 4 is 22.0 Å². The van der Waals surface area contributed by atoms with Crippen molar-refractivity contribution in [2.75, 3.05) is 6.79 Å². The van der Waals surface area contributed by atoms with E-state index in [1.54, 1.807) is 50.4 Å². The van der Waals surface area contributed by atoms with Gasteiger partial charge >= 0.3 is 10.1 Å². The Balaban J connectivity index is 1.50. The van der Waals surface area contributed by atoms with E-state index in [-0.39, 0.29) is 17.4 Å². The van der Waals surface area contributed by atoms with E-state index >= 15 is 0 Å². The Morgan fingerprint density at radius 2 is 1.57 bits per heavy atom. The second-order valence-corrected chi connectivity index (χ2v) is 8.61. The van der Waals surface area contributed by atoms with Crippen LogP contribution in [0.5, 0.6) is 17.2 Å². The minimum absolute atomic E-state index is 0.210. The number of hydrogen-bond donors (Lipinski definition) is 0. The molecular weight excluding hydrogens is 402 g/mol. The van der Waals surface area contributed by atoms with Crippen molar-refractivity contribution in [3.05, 3.63) is 76.9 Å². The van der Waals surface area contributed by atoms with Crippen molar-refractivity contribution in [2.45, 2.75) is 25.7 Å². The molecule has 30 heavy (non-hydrogen) atoms. The molecule has 0 N–H and O–H groups in total. The van der Waals surface area contributed by atoms with E-state index in [4.69, 9.17) is 13.7 Å². The van der Waals surface area contributed by atoms with Gasteiger partial charge in [-0.3, -0.25) is 4.99 Å². The number of hydrogen-bond acceptors (Lipinski definition) is 6. The summed E-state index contributed by atoms with van der Waals surface area (Å²) in [6, 6.07) is 15.8. The molecular formula is C23H21NO5S. The first-order valence-electron chi connectivity index (χ1n) is 9.38. The van der Waals surface area contributed by atoms with Gasteiger partial charge in [0.1, 0.15) is 10.6 Å². The summed E-state index contributed by atoms with van der Waals surface area (Å²) in [4.78, 5) is 4.63. The van der Waals surface area contributed by atoms with Gasteiger partial charge in [0.15, 0.2) is 11.5 Å². The van der Waals surface area contributed by atoms with Gasteiger partial charge in [0.25, 0.3) is 0 Å². The molecule has 1 aliphatic heterocycles. The normalized spacial score (nSPS) is 13.0. The minimum atomic E-state index is -3.92. The van der Waals surface area contributed by atoms with Crippen LogP contribution < -0.4 is 13.7 Å². The molecule has 0 saturated carbocycles. The van der Waals surface area contributed by atoms with Gasteiger partial charge < -0.3 is 13.7 Å². The Morgan fingerprint density at radius 1 is 0.900 bits per heavy atom. The molecule has 0 bridgehead atoms. The Morgan fingerprint density at radius 3 is 2.27 bits per heavy atom. The molecule has 0 atom stereocenters. The lowest BCUT2D eigenvalue weighted by Crippen LogP contribution is -2.13. The van der Waals surface area contributed by atoms with Crippen LogP contribution >= 0.6 is 0 Å². The zero-order valence-corrected chi connectivity index (χ0v) is 17.7. The molecule has 0 radical (unpaired) electrons. The van der Waals surface area contributed by atoms with Crippen molar-refractivity contribution in [1.29, 1.82) is 0 Å². The van der Waals surface area contributed by atoms with E-state index in [9.17, 15) is 8.42 Å². The topological polar surface area (TPSA) is 74.2 Å². The predicted octanol–water partition coefficient (Wildman–Crippen LogP) is 4.86. The standard InChI is InChI=1S/C23H21NO5S/c1-15-10-16(2)23(17(3)11-15)30(25,26)29-20-7-4-18(5-8-20)13-24-19-6-9-21-22(12-19)28-14-27-21/h4-13H,14H2,1-3H3/b24-13+. The second kappa shape index (κ2) is 7.84. The van der Waals surface area contributed by atoms with Crippen molar-refractivity contribution in [3.63, 3.8) is 0 Å². The summed E-state index contributed by atoms with van der Waals surface area (Å²) in [5.74, 6) is 1.62. The average Bonchev–Trinajstić information content (AvgIpc) is 3.14. The van der Waals surface area contributed by atoms with E-state index < -0.39 is 10.1 Å². The summed E-state index contributed by atoms with van der Waals surface area (Å²) in [7, 11) is -3.92. The fourth-order valence-electron chi connectivity index (χ4n) is 3.45. The van der Waals surface area contributed by atoms with Crippen LogP contribution in [0.4, 0.5) is 5.69 Å². The summed E-state index contributed by atoms with van der Waals surface area (Å²) < 4.78 is 41.5. The highest BCUT2D eigenvalue weighted by molar-refractivity contribution is 7.87.